The Balaban J connectivity index is -0.0000000221. The smallest absolute Gasteiger partial charge is 0.394 e. The average molecular weight is 186 g/mol. The third-order valence-electron chi connectivity index (χ3n) is 0.1000. The van der Waals surface area contributed by atoms with E-state index in [2.05, 4.69) is 13.8 Å². The number of hydrogen-bond acceptors (Lipinski definition) is 2. The fraction of sp³-hybridized carbons (Fsp3) is 0.667. The maximum atomic E-state index is 7.62. The number of rotatable bonds is 1. The van der Waals surface area contributed by atoms with Gasteiger partial charge in [-0.05, 0) is 0 Å². The Kier molecular flexibility index (Phi) is 189. The molecule has 54 valence electrons. The van der Waals surface area contributed by atoms with Gasteiger partial charge in [0.1, 0.15) is 0 Å². The molecule has 0 aliphatic rings. The molecule has 0 amide bonds. The summed E-state index contributed by atoms with van der Waals surface area (Å²) in [6, 6.07) is 0. The fourth-order valence-electron chi connectivity index (χ4n) is 0. The molecule has 0 unspecified atom stereocenters. The van der Waals surface area contributed by atoms with Gasteiger partial charge in [0, 0.05) is 0 Å². The maximum absolute atomic E-state index is 7.62. The molecular weight excluding hydrogens is 169 g/mol. The Morgan fingerprint density at radius 2 is 1.00 bits per heavy atom. The van der Waals surface area contributed by atoms with Crippen LogP contribution in [0.25, 0.3) is 0 Å². The zero-order chi connectivity index (χ0) is 7.41. The van der Waals surface area contributed by atoms with Crippen molar-refractivity contribution >= 4 is 0 Å². The second-order valence-corrected chi connectivity index (χ2v) is 0.447. The topological polar surface area (TPSA) is 40.5 Å². The molecule has 0 bridgehead atoms. The van der Waals surface area contributed by atoms with E-state index in [0.29, 0.717) is 0 Å². The normalized spacial score (nSPS) is 4.67. The van der Waals surface area contributed by atoms with Crippen molar-refractivity contribution < 1.29 is 29.7 Å². The standard InChI is InChI=1S/C2H6O2.2C2H5.Zn/c3-1-2-4;2*1-2;/h3-4H,1-2H2;2*1H2,2H3;/q;2*-1;+2. The molecular formula is C6H16O2Zn. The van der Waals surface area contributed by atoms with Crippen LogP contribution in [0.5, 0.6) is 0 Å². The number of hydrogen-bond donors (Lipinski definition) is 2. The molecule has 0 aromatic heterocycles. The number of aliphatic hydroxyl groups excluding tert-OH is 2. The van der Waals surface area contributed by atoms with Gasteiger partial charge in [-0.2, -0.15) is 13.8 Å². The van der Waals surface area contributed by atoms with Crippen LogP contribution in [0.15, 0.2) is 0 Å². The molecule has 0 fully saturated rings. The van der Waals surface area contributed by atoms with Crippen molar-refractivity contribution in [1.82, 2.24) is 0 Å². The minimum absolute atomic E-state index is 0. The summed E-state index contributed by atoms with van der Waals surface area (Å²) in [6.07, 6.45) is 0. The van der Waals surface area contributed by atoms with Gasteiger partial charge in [0.2, 0.25) is 0 Å². The van der Waals surface area contributed by atoms with Crippen LogP contribution in [0.1, 0.15) is 13.8 Å². The molecule has 0 saturated heterocycles. The molecule has 2 nitrogen and oxygen atoms in total. The van der Waals surface area contributed by atoms with Crippen molar-refractivity contribution in [3.05, 3.63) is 13.8 Å². The van der Waals surface area contributed by atoms with E-state index in [1.165, 1.54) is 0 Å². The van der Waals surface area contributed by atoms with Crippen molar-refractivity contribution in [1.29, 1.82) is 0 Å². The van der Waals surface area contributed by atoms with Gasteiger partial charge < -0.3 is 24.1 Å². The molecule has 0 radical (unpaired) electrons. The van der Waals surface area contributed by atoms with Crippen molar-refractivity contribution in [2.45, 2.75) is 13.8 Å². The van der Waals surface area contributed by atoms with Crippen molar-refractivity contribution in [2.75, 3.05) is 13.2 Å². The van der Waals surface area contributed by atoms with Crippen molar-refractivity contribution in [2.24, 2.45) is 0 Å². The van der Waals surface area contributed by atoms with Crippen LogP contribution in [0.4, 0.5) is 0 Å². The summed E-state index contributed by atoms with van der Waals surface area (Å²) in [5.41, 5.74) is 0. The summed E-state index contributed by atoms with van der Waals surface area (Å²) < 4.78 is 0. The summed E-state index contributed by atoms with van der Waals surface area (Å²) in [5, 5.41) is 15.2. The second kappa shape index (κ2) is 75.2. The Morgan fingerprint density at radius 3 is 1.00 bits per heavy atom. The zero-order valence-corrected chi connectivity index (χ0v) is 9.40. The summed E-state index contributed by atoms with van der Waals surface area (Å²) in [6.45, 7) is 9.75. The third-order valence-corrected chi connectivity index (χ3v) is 0.1000. The molecule has 0 aliphatic heterocycles. The van der Waals surface area contributed by atoms with Crippen LogP contribution < -0.4 is 0 Å². The summed E-state index contributed by atoms with van der Waals surface area (Å²) in [5.74, 6) is 0. The van der Waals surface area contributed by atoms with E-state index in [1.807, 2.05) is 0 Å². The van der Waals surface area contributed by atoms with Gasteiger partial charge in [0.25, 0.3) is 0 Å². The maximum Gasteiger partial charge on any atom is 2.00 e. The molecule has 0 rings (SSSR count). The van der Waals surface area contributed by atoms with Gasteiger partial charge in [-0.15, -0.1) is 0 Å². The van der Waals surface area contributed by atoms with E-state index in [-0.39, 0.29) is 32.7 Å². The second-order valence-electron chi connectivity index (χ2n) is 0.447. The van der Waals surface area contributed by atoms with Gasteiger partial charge in [-0.3, -0.25) is 0 Å². The first kappa shape index (κ1) is 22.7. The van der Waals surface area contributed by atoms with Crippen LogP contribution in [0.2, 0.25) is 0 Å². The van der Waals surface area contributed by atoms with Crippen molar-refractivity contribution in [3.63, 3.8) is 0 Å². The Morgan fingerprint density at radius 1 is 0.889 bits per heavy atom. The van der Waals surface area contributed by atoms with Gasteiger partial charge >= 0.3 is 19.5 Å². The molecule has 0 atom stereocenters. The Hall–Kier alpha value is 0.543. The van der Waals surface area contributed by atoms with Crippen molar-refractivity contribution in [3.8, 4) is 0 Å². The van der Waals surface area contributed by atoms with E-state index in [9.17, 15) is 0 Å². The van der Waals surface area contributed by atoms with E-state index in [1.54, 1.807) is 13.8 Å². The van der Waals surface area contributed by atoms with Crippen LogP contribution in [-0.2, 0) is 19.5 Å². The van der Waals surface area contributed by atoms with E-state index < -0.39 is 0 Å². The van der Waals surface area contributed by atoms with Gasteiger partial charge in [0.15, 0.2) is 0 Å². The quantitative estimate of drug-likeness (QED) is 0.465. The number of aliphatic hydroxyl groups is 2. The third kappa shape index (κ3) is 154. The molecule has 9 heavy (non-hydrogen) atoms. The predicted molar refractivity (Wildman–Crippen MR) is 36.2 cm³/mol. The monoisotopic (exact) mass is 184 g/mol. The van der Waals surface area contributed by atoms with Crippen LogP contribution in [0.3, 0.4) is 0 Å². The molecule has 0 aliphatic carbocycles. The minimum Gasteiger partial charge on any atom is -0.394 e. The van der Waals surface area contributed by atoms with Crippen LogP contribution in [0, 0.1) is 13.8 Å². The largest absolute Gasteiger partial charge is 2.00 e. The molecule has 0 heterocycles. The van der Waals surface area contributed by atoms with Gasteiger partial charge in [-0.1, -0.05) is 0 Å². The van der Waals surface area contributed by atoms with Crippen LogP contribution in [-0.4, -0.2) is 23.4 Å². The average Bonchev–Trinajstić information content (AvgIpc) is 1.96. The molecule has 0 spiro atoms. The molecule has 3 heteroatoms. The Labute approximate surface area is 71.0 Å². The molecule has 0 aromatic carbocycles. The van der Waals surface area contributed by atoms with E-state index >= 15 is 0 Å². The Bertz CT molecular complexity index is 13.0. The fourth-order valence-corrected chi connectivity index (χ4v) is 0. The first-order valence-electron chi connectivity index (χ1n) is 2.55. The summed E-state index contributed by atoms with van der Waals surface area (Å²) >= 11 is 0. The summed E-state index contributed by atoms with van der Waals surface area (Å²) in [4.78, 5) is 0. The summed E-state index contributed by atoms with van der Waals surface area (Å²) in [7, 11) is 0. The molecule has 2 N–H and O–H groups in total. The molecule has 0 saturated carbocycles. The SMILES string of the molecule is OCCO.[CH2-]C.[CH2-]C.[Zn+2]. The van der Waals surface area contributed by atoms with E-state index in [4.69, 9.17) is 10.2 Å². The van der Waals surface area contributed by atoms with E-state index in [0.717, 1.165) is 0 Å². The first-order valence-corrected chi connectivity index (χ1v) is 2.55. The zero-order valence-electron chi connectivity index (χ0n) is 6.43. The van der Waals surface area contributed by atoms with Gasteiger partial charge in [0.05, 0.1) is 13.2 Å². The first-order chi connectivity index (χ1) is 3.91. The predicted octanol–water partition coefficient (Wildman–Crippen LogP) is 0.649. The molecule has 0 aromatic rings. The minimum atomic E-state index is -0.125. The van der Waals surface area contributed by atoms with Crippen LogP contribution >= 0.6 is 0 Å². The van der Waals surface area contributed by atoms with Gasteiger partial charge in [-0.25, -0.2) is 0 Å².